The van der Waals surface area contributed by atoms with E-state index in [1.165, 1.54) is 22.3 Å². The highest BCUT2D eigenvalue weighted by Crippen LogP contribution is 2.32. The van der Waals surface area contributed by atoms with Crippen molar-refractivity contribution < 1.29 is 4.74 Å². The number of methoxy groups -OCH3 is 1. The van der Waals surface area contributed by atoms with Gasteiger partial charge in [0.05, 0.1) is 19.1 Å². The summed E-state index contributed by atoms with van der Waals surface area (Å²) in [6.07, 6.45) is 0.672. The number of rotatable bonds is 5. The molecule has 2 rings (SSSR count). The molecule has 2 aromatic carbocycles. The summed E-state index contributed by atoms with van der Waals surface area (Å²) in [7, 11) is 1.69. The summed E-state index contributed by atoms with van der Waals surface area (Å²) >= 11 is 0. The van der Waals surface area contributed by atoms with Gasteiger partial charge >= 0.3 is 0 Å². The monoisotopic (exact) mass is 321 g/mol. The lowest BCUT2D eigenvalue weighted by Gasteiger charge is -2.19. The number of aryl methyl sites for hydroxylation is 3. The highest BCUT2D eigenvalue weighted by Gasteiger charge is 2.19. The van der Waals surface area contributed by atoms with Gasteiger partial charge in [0, 0.05) is 0 Å². The van der Waals surface area contributed by atoms with Crippen molar-refractivity contribution in [2.45, 2.75) is 52.9 Å². The molecule has 1 atom stereocenters. The Bertz CT molecular complexity index is 745. The molecule has 0 aliphatic carbocycles. The van der Waals surface area contributed by atoms with Crippen molar-refractivity contribution in [3.63, 3.8) is 0 Å². The van der Waals surface area contributed by atoms with Crippen LogP contribution in [0.4, 0.5) is 0 Å². The van der Waals surface area contributed by atoms with Gasteiger partial charge < -0.3 is 4.74 Å². The molecule has 0 saturated carbocycles. The van der Waals surface area contributed by atoms with Crippen molar-refractivity contribution in [3.05, 3.63) is 63.7 Å². The first-order chi connectivity index (χ1) is 11.4. The molecule has 126 valence electrons. The normalized spacial score (nSPS) is 12.1. The van der Waals surface area contributed by atoms with Crippen LogP contribution in [-0.2, 0) is 6.42 Å². The van der Waals surface area contributed by atoms with E-state index < -0.39 is 0 Å². The Hall–Kier alpha value is -2.27. The van der Waals surface area contributed by atoms with Crippen LogP contribution in [0.1, 0.15) is 59.1 Å². The van der Waals surface area contributed by atoms with Crippen LogP contribution in [0.5, 0.6) is 5.75 Å². The first kappa shape index (κ1) is 18.1. The molecule has 2 aromatic rings. The van der Waals surface area contributed by atoms with Crippen molar-refractivity contribution in [2.24, 2.45) is 0 Å². The minimum Gasteiger partial charge on any atom is -0.496 e. The molecule has 1 unspecified atom stereocenters. The molecule has 0 heterocycles. The summed E-state index contributed by atoms with van der Waals surface area (Å²) in [6, 6.07) is 13.2. The lowest BCUT2D eigenvalue weighted by atomic mass is 9.85. The summed E-state index contributed by atoms with van der Waals surface area (Å²) in [5.74, 6) is 1.15. The Morgan fingerprint density at radius 1 is 1.04 bits per heavy atom. The third kappa shape index (κ3) is 3.79. The zero-order chi connectivity index (χ0) is 17.9. The fraction of sp³-hybridized carbons (Fsp3) is 0.409. The van der Waals surface area contributed by atoms with Gasteiger partial charge in [0.1, 0.15) is 5.75 Å². The van der Waals surface area contributed by atoms with Gasteiger partial charge in [-0.25, -0.2) is 0 Å². The fourth-order valence-electron chi connectivity index (χ4n) is 3.49. The average Bonchev–Trinajstić information content (AvgIpc) is 2.52. The molecule has 0 radical (unpaired) electrons. The van der Waals surface area contributed by atoms with Crippen molar-refractivity contribution in [1.82, 2.24) is 0 Å². The Kier molecular flexibility index (Phi) is 5.67. The number of benzene rings is 2. The van der Waals surface area contributed by atoms with Crippen LogP contribution < -0.4 is 4.74 Å². The van der Waals surface area contributed by atoms with Gasteiger partial charge in [-0.1, -0.05) is 43.7 Å². The van der Waals surface area contributed by atoms with Gasteiger partial charge in [-0.15, -0.1) is 0 Å². The van der Waals surface area contributed by atoms with Gasteiger partial charge in [0.15, 0.2) is 0 Å². The van der Waals surface area contributed by atoms with Gasteiger partial charge in [-0.3, -0.25) is 0 Å². The maximum atomic E-state index is 9.81. The maximum absolute atomic E-state index is 9.81. The molecule has 0 N–H and O–H groups in total. The number of nitrogens with zero attached hydrogens (tertiary/aromatic N) is 1. The number of nitriles is 1. The second kappa shape index (κ2) is 7.53. The van der Waals surface area contributed by atoms with Crippen LogP contribution in [0.2, 0.25) is 0 Å². The summed E-state index contributed by atoms with van der Waals surface area (Å²) in [5.41, 5.74) is 7.16. The number of ether oxygens (including phenoxy) is 1. The largest absolute Gasteiger partial charge is 0.496 e. The van der Waals surface area contributed by atoms with Crippen molar-refractivity contribution in [2.75, 3.05) is 7.11 Å². The maximum Gasteiger partial charge on any atom is 0.122 e. The van der Waals surface area contributed by atoms with E-state index in [9.17, 15) is 5.26 Å². The number of hydrogen-bond donors (Lipinski definition) is 0. The van der Waals surface area contributed by atoms with E-state index in [2.05, 4.69) is 65.0 Å². The molecule has 0 bridgehead atoms. The molecule has 0 aliphatic heterocycles. The zero-order valence-electron chi connectivity index (χ0n) is 15.6. The summed E-state index contributed by atoms with van der Waals surface area (Å²) in [4.78, 5) is 0. The van der Waals surface area contributed by atoms with E-state index in [0.29, 0.717) is 12.3 Å². The highest BCUT2D eigenvalue weighted by molar-refractivity contribution is 5.46. The van der Waals surface area contributed by atoms with Gasteiger partial charge in [-0.05, 0) is 67.0 Å². The summed E-state index contributed by atoms with van der Waals surface area (Å²) in [6.45, 7) is 10.7. The van der Waals surface area contributed by atoms with Gasteiger partial charge in [-0.2, -0.15) is 5.26 Å². The topological polar surface area (TPSA) is 33.0 Å². The quantitative estimate of drug-likeness (QED) is 0.718. The minimum atomic E-state index is -0.165. The Morgan fingerprint density at radius 2 is 1.67 bits per heavy atom. The molecule has 0 aromatic heterocycles. The van der Waals surface area contributed by atoms with Crippen LogP contribution in [0, 0.1) is 32.1 Å². The summed E-state index contributed by atoms with van der Waals surface area (Å²) < 4.78 is 5.53. The Labute approximate surface area is 146 Å². The Morgan fingerprint density at radius 3 is 2.17 bits per heavy atom. The van der Waals surface area contributed by atoms with E-state index in [1.54, 1.807) is 7.11 Å². The molecule has 0 fully saturated rings. The lowest BCUT2D eigenvalue weighted by molar-refractivity contribution is 0.408. The fourth-order valence-corrected chi connectivity index (χ4v) is 3.49. The molecule has 0 amide bonds. The first-order valence-corrected chi connectivity index (χ1v) is 8.51. The third-order valence-corrected chi connectivity index (χ3v) is 4.64. The number of hydrogen-bond acceptors (Lipinski definition) is 2. The van der Waals surface area contributed by atoms with E-state index in [1.807, 2.05) is 6.07 Å². The average molecular weight is 321 g/mol. The molecule has 0 saturated heterocycles. The van der Waals surface area contributed by atoms with Crippen LogP contribution in [0.25, 0.3) is 0 Å². The van der Waals surface area contributed by atoms with E-state index in [4.69, 9.17) is 4.74 Å². The predicted octanol–water partition coefficient (Wildman–Crippen LogP) is 5.59. The molecule has 2 heteroatoms. The summed E-state index contributed by atoms with van der Waals surface area (Å²) in [5, 5.41) is 9.81. The zero-order valence-corrected chi connectivity index (χ0v) is 15.6. The van der Waals surface area contributed by atoms with E-state index >= 15 is 0 Å². The van der Waals surface area contributed by atoms with Crippen molar-refractivity contribution in [3.8, 4) is 11.8 Å². The SMILES string of the molecule is COc1ccc(C(C)C)cc1CC(C#N)c1c(C)cc(C)cc1C. The first-order valence-electron chi connectivity index (χ1n) is 8.51. The predicted molar refractivity (Wildman–Crippen MR) is 99.8 cm³/mol. The molecule has 2 nitrogen and oxygen atoms in total. The van der Waals surface area contributed by atoms with E-state index in [0.717, 1.165) is 16.9 Å². The molecule has 0 aliphatic rings. The van der Waals surface area contributed by atoms with Crippen LogP contribution in [0.3, 0.4) is 0 Å². The van der Waals surface area contributed by atoms with Gasteiger partial charge in [0.25, 0.3) is 0 Å². The van der Waals surface area contributed by atoms with Crippen LogP contribution in [0.15, 0.2) is 30.3 Å². The second-order valence-electron chi connectivity index (χ2n) is 6.92. The minimum absolute atomic E-state index is 0.165. The molecule has 0 spiro atoms. The highest BCUT2D eigenvalue weighted by atomic mass is 16.5. The van der Waals surface area contributed by atoms with Gasteiger partial charge in [0.2, 0.25) is 0 Å². The van der Waals surface area contributed by atoms with Crippen LogP contribution >= 0.6 is 0 Å². The smallest absolute Gasteiger partial charge is 0.122 e. The van der Waals surface area contributed by atoms with Crippen LogP contribution in [-0.4, -0.2) is 7.11 Å². The Balaban J connectivity index is 2.45. The standard InChI is InChI=1S/C22H27NO/c1-14(2)18-7-8-21(24-6)19(11-18)12-20(13-23)22-16(4)9-15(3)10-17(22)5/h7-11,14,20H,12H2,1-6H3. The van der Waals surface area contributed by atoms with Crippen molar-refractivity contribution in [1.29, 1.82) is 5.26 Å². The lowest BCUT2D eigenvalue weighted by Crippen LogP contribution is -2.07. The molecular weight excluding hydrogens is 294 g/mol. The third-order valence-electron chi connectivity index (χ3n) is 4.64. The van der Waals surface area contributed by atoms with E-state index in [-0.39, 0.29) is 5.92 Å². The molecule has 24 heavy (non-hydrogen) atoms. The second-order valence-corrected chi connectivity index (χ2v) is 6.92. The molecular formula is C22H27NO. The van der Waals surface area contributed by atoms with Crippen molar-refractivity contribution >= 4 is 0 Å².